The number of nitro groups is 1. The number of ether oxygens (including phenoxy) is 1. The van der Waals surface area contributed by atoms with Gasteiger partial charge in [0.15, 0.2) is 11.5 Å². The van der Waals surface area contributed by atoms with Crippen molar-refractivity contribution in [2.45, 2.75) is 6.54 Å². The number of hydrogen-bond donors (Lipinski definition) is 1. The van der Waals surface area contributed by atoms with Gasteiger partial charge in [-0.25, -0.2) is 4.98 Å². The topological polar surface area (TPSA) is 83.8 Å². The molecule has 0 atom stereocenters. The highest BCUT2D eigenvalue weighted by Gasteiger charge is 2.36. The van der Waals surface area contributed by atoms with Crippen LogP contribution in [-0.2, 0) is 11.3 Å². The highest BCUT2D eigenvalue weighted by Crippen LogP contribution is 2.30. The fourth-order valence-electron chi connectivity index (χ4n) is 3.08. The van der Waals surface area contributed by atoms with E-state index in [2.05, 4.69) is 10.3 Å². The largest absolute Gasteiger partial charge is 0.378 e. The van der Waals surface area contributed by atoms with Gasteiger partial charge in [0.1, 0.15) is 9.64 Å². The highest BCUT2D eigenvalue weighted by molar-refractivity contribution is 6.56. The Morgan fingerprint density at radius 2 is 2.04 bits per heavy atom. The summed E-state index contributed by atoms with van der Waals surface area (Å²) in [5.74, 6) is 0.384. The Labute approximate surface area is 171 Å². The lowest BCUT2D eigenvalue weighted by molar-refractivity contribution is -0.425. The Morgan fingerprint density at radius 3 is 2.63 bits per heavy atom. The predicted octanol–water partition coefficient (Wildman–Crippen LogP) is 2.56. The summed E-state index contributed by atoms with van der Waals surface area (Å²) in [4.78, 5) is 19.2. The number of halogens is 3. The molecule has 0 radical (unpaired) electrons. The number of hydrogen-bond acceptors (Lipinski definition) is 7. The monoisotopic (exact) mass is 433 g/mol. The summed E-state index contributed by atoms with van der Waals surface area (Å²) in [6.07, 6.45) is 1.65. The zero-order chi connectivity index (χ0) is 19.4. The minimum atomic E-state index is -0.448. The molecule has 1 N–H and O–H groups in total. The average molecular weight is 435 g/mol. The molecule has 0 aromatic carbocycles. The van der Waals surface area contributed by atoms with Crippen LogP contribution < -0.4 is 5.32 Å². The lowest BCUT2D eigenvalue weighted by Gasteiger charge is -2.30. The van der Waals surface area contributed by atoms with E-state index in [1.807, 2.05) is 11.0 Å². The van der Waals surface area contributed by atoms with E-state index in [9.17, 15) is 10.1 Å². The Kier molecular flexibility index (Phi) is 6.64. The molecule has 2 aliphatic heterocycles. The van der Waals surface area contributed by atoms with Gasteiger partial charge in [-0.05, 0) is 11.6 Å². The molecule has 0 amide bonds. The summed E-state index contributed by atoms with van der Waals surface area (Å²) in [5.41, 5.74) is 0.948. The molecule has 11 heteroatoms. The molecule has 0 bridgehead atoms. The van der Waals surface area contributed by atoms with Crippen LogP contribution >= 0.6 is 34.8 Å². The molecule has 2 aliphatic rings. The van der Waals surface area contributed by atoms with Crippen LogP contribution in [0.1, 0.15) is 5.56 Å². The lowest BCUT2D eigenvalue weighted by atomic mass is 10.2. The molecule has 2 saturated heterocycles. The number of morpholine rings is 1. The van der Waals surface area contributed by atoms with Crippen molar-refractivity contribution in [3.05, 3.63) is 60.9 Å². The van der Waals surface area contributed by atoms with Gasteiger partial charge >= 0.3 is 5.70 Å². The van der Waals surface area contributed by atoms with Crippen molar-refractivity contribution >= 4 is 34.8 Å². The first-order valence-corrected chi connectivity index (χ1v) is 9.47. The van der Waals surface area contributed by atoms with Gasteiger partial charge in [-0.3, -0.25) is 10.1 Å². The molecular formula is C16H18Cl3N5O3. The van der Waals surface area contributed by atoms with Gasteiger partial charge in [-0.15, -0.1) is 0 Å². The second-order valence-corrected chi connectivity index (χ2v) is 7.34. The van der Waals surface area contributed by atoms with E-state index in [-0.39, 0.29) is 15.9 Å². The van der Waals surface area contributed by atoms with Crippen LogP contribution in [0.25, 0.3) is 0 Å². The van der Waals surface area contributed by atoms with Crippen LogP contribution in [0.15, 0.2) is 40.0 Å². The van der Waals surface area contributed by atoms with Crippen LogP contribution in [0.5, 0.6) is 0 Å². The van der Waals surface area contributed by atoms with Crippen molar-refractivity contribution in [3.8, 4) is 0 Å². The molecule has 1 aromatic rings. The lowest BCUT2D eigenvalue weighted by Crippen LogP contribution is -2.38. The van der Waals surface area contributed by atoms with E-state index < -0.39 is 4.92 Å². The molecule has 8 nitrogen and oxygen atoms in total. The molecule has 0 aliphatic carbocycles. The summed E-state index contributed by atoms with van der Waals surface area (Å²) < 4.78 is 5.18. The van der Waals surface area contributed by atoms with Crippen molar-refractivity contribution in [1.82, 2.24) is 20.1 Å². The number of nitrogens with one attached hydrogen (secondary N) is 1. The smallest absolute Gasteiger partial charge is 0.334 e. The SMILES string of the molecule is O=[N+]([O-])C(=C1NCCN1Cc1ccc(Cl)nc1)C(=C(Cl)Cl)N1CCOCC1. The van der Waals surface area contributed by atoms with E-state index in [1.54, 1.807) is 17.2 Å². The summed E-state index contributed by atoms with van der Waals surface area (Å²) in [5, 5.41) is 15.5. The number of aromatic nitrogens is 1. The second-order valence-electron chi connectivity index (χ2n) is 6.00. The van der Waals surface area contributed by atoms with Gasteiger partial charge in [0.05, 0.1) is 18.1 Å². The Balaban J connectivity index is 1.96. The van der Waals surface area contributed by atoms with Crippen molar-refractivity contribution in [2.24, 2.45) is 0 Å². The maximum Gasteiger partial charge on any atom is 0.334 e. The third-order valence-corrected chi connectivity index (χ3v) is 4.87. The molecule has 3 heterocycles. The van der Waals surface area contributed by atoms with Gasteiger partial charge in [-0.2, -0.15) is 0 Å². The number of pyridine rings is 1. The van der Waals surface area contributed by atoms with Crippen molar-refractivity contribution in [2.75, 3.05) is 39.4 Å². The van der Waals surface area contributed by atoms with Gasteiger partial charge in [0.2, 0.25) is 0 Å². The molecule has 27 heavy (non-hydrogen) atoms. The quantitative estimate of drug-likeness (QED) is 0.433. The van der Waals surface area contributed by atoms with E-state index in [0.29, 0.717) is 56.9 Å². The standard InChI is InChI=1S/C16H18Cl3N5O3/c17-12-2-1-11(9-21-12)10-23-4-3-20-16(23)14(24(25)26)13(15(18)19)22-5-7-27-8-6-22/h1-2,9,20H,3-8,10H2. The fraction of sp³-hybridized carbons (Fsp3) is 0.438. The molecule has 0 saturated carbocycles. The molecular weight excluding hydrogens is 417 g/mol. The van der Waals surface area contributed by atoms with Gasteiger partial charge in [0, 0.05) is 38.9 Å². The molecule has 2 fully saturated rings. The Bertz CT molecular complexity index is 759. The molecule has 0 spiro atoms. The maximum absolute atomic E-state index is 12.0. The minimum Gasteiger partial charge on any atom is -0.378 e. The number of nitrogens with zero attached hydrogens (tertiary/aromatic N) is 4. The normalized spacial score (nSPS) is 18.9. The van der Waals surface area contributed by atoms with Crippen LogP contribution in [0, 0.1) is 10.1 Å². The third-order valence-electron chi connectivity index (χ3n) is 4.29. The van der Waals surface area contributed by atoms with Gasteiger partial charge < -0.3 is 19.9 Å². The summed E-state index contributed by atoms with van der Waals surface area (Å²) in [6, 6.07) is 3.53. The van der Waals surface area contributed by atoms with Crippen LogP contribution in [-0.4, -0.2) is 59.1 Å². The summed E-state index contributed by atoms with van der Waals surface area (Å²) in [6.45, 7) is 3.49. The molecule has 1 aromatic heterocycles. The van der Waals surface area contributed by atoms with Gasteiger partial charge in [0.25, 0.3) is 0 Å². The predicted molar refractivity (Wildman–Crippen MR) is 103 cm³/mol. The molecule has 3 rings (SSSR count). The first-order chi connectivity index (χ1) is 13.0. The molecule has 146 valence electrons. The zero-order valence-corrected chi connectivity index (χ0v) is 16.6. The first kappa shape index (κ1) is 20.0. The van der Waals surface area contributed by atoms with E-state index in [4.69, 9.17) is 39.5 Å². The van der Waals surface area contributed by atoms with Crippen LogP contribution in [0.3, 0.4) is 0 Å². The van der Waals surface area contributed by atoms with E-state index in [0.717, 1.165) is 5.56 Å². The fourth-order valence-corrected chi connectivity index (χ4v) is 3.61. The van der Waals surface area contributed by atoms with Crippen molar-refractivity contribution in [3.63, 3.8) is 0 Å². The Morgan fingerprint density at radius 1 is 1.30 bits per heavy atom. The number of rotatable bonds is 5. The minimum absolute atomic E-state index is 0.141. The maximum atomic E-state index is 12.0. The first-order valence-electron chi connectivity index (χ1n) is 8.33. The zero-order valence-electron chi connectivity index (χ0n) is 14.3. The Hall–Kier alpha value is -1.74. The second kappa shape index (κ2) is 8.97. The average Bonchev–Trinajstić information content (AvgIpc) is 3.09. The van der Waals surface area contributed by atoms with E-state index >= 15 is 0 Å². The summed E-state index contributed by atoms with van der Waals surface area (Å²) in [7, 11) is 0. The third kappa shape index (κ3) is 4.76. The highest BCUT2D eigenvalue weighted by atomic mass is 35.5. The van der Waals surface area contributed by atoms with Crippen LogP contribution in [0.2, 0.25) is 5.15 Å². The molecule has 0 unspecified atom stereocenters. The van der Waals surface area contributed by atoms with Crippen molar-refractivity contribution in [1.29, 1.82) is 0 Å². The summed E-state index contributed by atoms with van der Waals surface area (Å²) >= 11 is 18.0. The van der Waals surface area contributed by atoms with E-state index in [1.165, 1.54) is 0 Å². The van der Waals surface area contributed by atoms with Gasteiger partial charge in [-0.1, -0.05) is 40.9 Å². The van der Waals surface area contributed by atoms with Crippen LogP contribution in [0.4, 0.5) is 0 Å². The van der Waals surface area contributed by atoms with Crippen molar-refractivity contribution < 1.29 is 9.66 Å².